The number of halogens is 1. The van der Waals surface area contributed by atoms with Gasteiger partial charge in [0.1, 0.15) is 5.84 Å². The topological polar surface area (TPSA) is 56.4 Å². The van der Waals surface area contributed by atoms with Crippen molar-refractivity contribution in [3.8, 4) is 0 Å². The maximum atomic E-state index is 7.43. The van der Waals surface area contributed by atoms with E-state index in [1.54, 1.807) is 6.07 Å². The monoisotopic (exact) mass is 280 g/mol. The number of nitrogens with two attached hydrogens (primary N) is 1. The highest BCUT2D eigenvalue weighted by molar-refractivity contribution is 6.33. The fourth-order valence-corrected chi connectivity index (χ4v) is 3.05. The van der Waals surface area contributed by atoms with Gasteiger partial charge in [-0.05, 0) is 38.2 Å². The SMILES string of the molecule is CC1CN(c2ccc(C(=N)N)cc2Cl)CC1N(C)C. The number of rotatable bonds is 3. The third-order valence-corrected chi connectivity index (χ3v) is 4.14. The van der Waals surface area contributed by atoms with Gasteiger partial charge in [-0.2, -0.15) is 0 Å². The average molecular weight is 281 g/mol. The van der Waals surface area contributed by atoms with Gasteiger partial charge in [-0.25, -0.2) is 0 Å². The summed E-state index contributed by atoms with van der Waals surface area (Å²) in [6.07, 6.45) is 0. The minimum atomic E-state index is 0.0504. The van der Waals surface area contributed by atoms with E-state index in [-0.39, 0.29) is 5.84 Å². The summed E-state index contributed by atoms with van der Waals surface area (Å²) in [6, 6.07) is 6.14. The molecule has 2 rings (SSSR count). The number of hydrogen-bond donors (Lipinski definition) is 2. The molecule has 0 bridgehead atoms. The van der Waals surface area contributed by atoms with Crippen molar-refractivity contribution in [3.63, 3.8) is 0 Å². The highest BCUT2D eigenvalue weighted by Crippen LogP contribution is 2.32. The van der Waals surface area contributed by atoms with Crippen LogP contribution < -0.4 is 10.6 Å². The number of nitrogen functional groups attached to an aromatic ring is 1. The number of benzene rings is 1. The zero-order valence-corrected chi connectivity index (χ0v) is 12.4. The molecule has 1 fully saturated rings. The fraction of sp³-hybridized carbons (Fsp3) is 0.500. The Bertz CT molecular complexity index is 486. The molecule has 104 valence electrons. The number of nitrogens with one attached hydrogen (secondary N) is 1. The first-order valence-electron chi connectivity index (χ1n) is 6.45. The lowest BCUT2D eigenvalue weighted by atomic mass is 10.1. The molecule has 0 radical (unpaired) electrons. The normalized spacial score (nSPS) is 23.1. The van der Waals surface area contributed by atoms with Crippen molar-refractivity contribution < 1.29 is 0 Å². The molecule has 1 aromatic carbocycles. The van der Waals surface area contributed by atoms with Gasteiger partial charge in [0, 0.05) is 24.7 Å². The average Bonchev–Trinajstić information content (AvgIpc) is 2.71. The van der Waals surface area contributed by atoms with Crippen LogP contribution in [-0.2, 0) is 0 Å². The molecule has 1 saturated heterocycles. The third-order valence-electron chi connectivity index (χ3n) is 3.84. The summed E-state index contributed by atoms with van der Waals surface area (Å²) in [5, 5.41) is 8.10. The molecule has 2 atom stereocenters. The number of likely N-dealkylation sites (N-methyl/N-ethyl adjacent to an activating group) is 1. The summed E-state index contributed by atoms with van der Waals surface area (Å²) in [5.41, 5.74) is 7.18. The van der Waals surface area contributed by atoms with E-state index in [2.05, 4.69) is 30.8 Å². The van der Waals surface area contributed by atoms with Crippen LogP contribution >= 0.6 is 11.6 Å². The van der Waals surface area contributed by atoms with E-state index in [0.29, 0.717) is 22.5 Å². The zero-order chi connectivity index (χ0) is 14.2. The summed E-state index contributed by atoms with van der Waals surface area (Å²) in [6.45, 7) is 4.25. The molecule has 0 aromatic heterocycles. The van der Waals surface area contributed by atoms with Crippen LogP contribution in [0.15, 0.2) is 18.2 Å². The lowest BCUT2D eigenvalue weighted by molar-refractivity contribution is 0.266. The van der Waals surface area contributed by atoms with E-state index >= 15 is 0 Å². The highest BCUT2D eigenvalue weighted by Gasteiger charge is 2.31. The highest BCUT2D eigenvalue weighted by atomic mass is 35.5. The van der Waals surface area contributed by atoms with Crippen molar-refractivity contribution in [3.05, 3.63) is 28.8 Å². The standard InChI is InChI=1S/C14H21ClN4/c1-9-7-19(8-13(9)18(2)3)12-5-4-10(14(16)17)6-11(12)15/h4-6,9,13H,7-8H2,1-3H3,(H3,16,17). The maximum Gasteiger partial charge on any atom is 0.122 e. The van der Waals surface area contributed by atoms with E-state index in [4.69, 9.17) is 22.7 Å². The summed E-state index contributed by atoms with van der Waals surface area (Å²) >= 11 is 6.32. The Morgan fingerprint density at radius 1 is 1.42 bits per heavy atom. The second-order valence-corrected chi connectivity index (χ2v) is 5.90. The predicted octanol–water partition coefficient (Wildman–Crippen LogP) is 2.01. The van der Waals surface area contributed by atoms with Crippen LogP contribution in [0.4, 0.5) is 5.69 Å². The molecule has 1 aromatic rings. The maximum absolute atomic E-state index is 7.43. The lowest BCUT2D eigenvalue weighted by Gasteiger charge is -2.23. The molecule has 0 amide bonds. The van der Waals surface area contributed by atoms with Gasteiger partial charge in [-0.15, -0.1) is 0 Å². The molecule has 0 aliphatic carbocycles. The van der Waals surface area contributed by atoms with Crippen LogP contribution in [0.25, 0.3) is 0 Å². The van der Waals surface area contributed by atoms with Crippen molar-refractivity contribution in [2.75, 3.05) is 32.1 Å². The van der Waals surface area contributed by atoms with Crippen LogP contribution in [0.1, 0.15) is 12.5 Å². The largest absolute Gasteiger partial charge is 0.384 e. The summed E-state index contributed by atoms with van der Waals surface area (Å²) < 4.78 is 0. The minimum absolute atomic E-state index is 0.0504. The molecule has 0 spiro atoms. The van der Waals surface area contributed by atoms with Crippen LogP contribution in [0.3, 0.4) is 0 Å². The van der Waals surface area contributed by atoms with Crippen molar-refractivity contribution in [2.24, 2.45) is 11.7 Å². The Labute approximate surface area is 119 Å². The Kier molecular flexibility index (Phi) is 4.02. The Balaban J connectivity index is 2.22. The van der Waals surface area contributed by atoms with E-state index in [1.165, 1.54) is 0 Å². The van der Waals surface area contributed by atoms with Crippen molar-refractivity contribution in [1.29, 1.82) is 5.41 Å². The molecule has 19 heavy (non-hydrogen) atoms. The van der Waals surface area contributed by atoms with Gasteiger partial charge in [0.2, 0.25) is 0 Å². The van der Waals surface area contributed by atoms with E-state index in [9.17, 15) is 0 Å². The zero-order valence-electron chi connectivity index (χ0n) is 11.7. The van der Waals surface area contributed by atoms with Crippen LogP contribution in [0.2, 0.25) is 5.02 Å². The molecule has 0 saturated carbocycles. The number of anilines is 1. The molecule has 2 unspecified atom stereocenters. The quantitative estimate of drug-likeness (QED) is 0.658. The van der Waals surface area contributed by atoms with Crippen LogP contribution in [0, 0.1) is 11.3 Å². The minimum Gasteiger partial charge on any atom is -0.384 e. The Morgan fingerprint density at radius 3 is 2.58 bits per heavy atom. The molecular weight excluding hydrogens is 260 g/mol. The van der Waals surface area contributed by atoms with Gasteiger partial charge in [0.15, 0.2) is 0 Å². The fourth-order valence-electron chi connectivity index (χ4n) is 2.75. The Hall–Kier alpha value is -1.26. The van der Waals surface area contributed by atoms with Gasteiger partial charge in [0.05, 0.1) is 10.7 Å². The molecule has 3 N–H and O–H groups in total. The smallest absolute Gasteiger partial charge is 0.122 e. The summed E-state index contributed by atoms with van der Waals surface area (Å²) in [5.74, 6) is 0.660. The van der Waals surface area contributed by atoms with Crippen LogP contribution in [0.5, 0.6) is 0 Å². The van der Waals surface area contributed by atoms with Crippen molar-refractivity contribution in [2.45, 2.75) is 13.0 Å². The van der Waals surface area contributed by atoms with Crippen LogP contribution in [-0.4, -0.2) is 44.0 Å². The first kappa shape index (κ1) is 14.2. The molecule has 1 aliphatic rings. The number of amidine groups is 1. The van der Waals surface area contributed by atoms with Gasteiger partial charge in [-0.3, -0.25) is 5.41 Å². The second kappa shape index (κ2) is 5.39. The number of nitrogens with zero attached hydrogens (tertiary/aromatic N) is 2. The predicted molar refractivity (Wildman–Crippen MR) is 81.3 cm³/mol. The summed E-state index contributed by atoms with van der Waals surface area (Å²) in [4.78, 5) is 4.57. The molecule has 5 heteroatoms. The van der Waals surface area contributed by atoms with Crippen molar-refractivity contribution in [1.82, 2.24) is 4.90 Å². The first-order chi connectivity index (χ1) is 8.90. The Morgan fingerprint density at radius 2 is 2.11 bits per heavy atom. The third kappa shape index (κ3) is 2.85. The molecule has 1 heterocycles. The van der Waals surface area contributed by atoms with Gasteiger partial charge in [-0.1, -0.05) is 18.5 Å². The van der Waals surface area contributed by atoms with Crippen molar-refractivity contribution >= 4 is 23.1 Å². The lowest BCUT2D eigenvalue weighted by Crippen LogP contribution is -2.34. The van der Waals surface area contributed by atoms with Gasteiger partial charge in [0.25, 0.3) is 0 Å². The summed E-state index contributed by atoms with van der Waals surface area (Å²) in [7, 11) is 4.23. The van der Waals surface area contributed by atoms with E-state index in [1.807, 2.05) is 12.1 Å². The number of hydrogen-bond acceptors (Lipinski definition) is 3. The van der Waals surface area contributed by atoms with E-state index < -0.39 is 0 Å². The molecule has 1 aliphatic heterocycles. The second-order valence-electron chi connectivity index (χ2n) is 5.49. The molecule has 4 nitrogen and oxygen atoms in total. The first-order valence-corrected chi connectivity index (χ1v) is 6.83. The van der Waals surface area contributed by atoms with Gasteiger partial charge < -0.3 is 15.5 Å². The van der Waals surface area contributed by atoms with Gasteiger partial charge >= 0.3 is 0 Å². The molecular formula is C14H21ClN4. The van der Waals surface area contributed by atoms with E-state index in [0.717, 1.165) is 18.8 Å².